The van der Waals surface area contributed by atoms with Crippen LogP contribution in [-0.4, -0.2) is 4.98 Å². The first-order valence-electron chi connectivity index (χ1n) is 6.46. The van der Waals surface area contributed by atoms with Crippen LogP contribution in [0, 0.1) is 5.92 Å². The predicted molar refractivity (Wildman–Crippen MR) is 69.8 cm³/mol. The first-order chi connectivity index (χ1) is 7.72. The summed E-state index contributed by atoms with van der Waals surface area (Å²) in [6.45, 7) is 4.46. The molecule has 1 heterocycles. The van der Waals surface area contributed by atoms with Crippen molar-refractivity contribution in [1.82, 2.24) is 4.98 Å². The summed E-state index contributed by atoms with van der Waals surface area (Å²) in [6.07, 6.45) is 7.43. The minimum Gasteiger partial charge on any atom is -0.322 e. The molecule has 1 aromatic heterocycles. The summed E-state index contributed by atoms with van der Waals surface area (Å²) in [5.74, 6) is 0.553. The van der Waals surface area contributed by atoms with E-state index in [1.54, 1.807) is 0 Å². The van der Waals surface area contributed by atoms with Gasteiger partial charge in [0.25, 0.3) is 0 Å². The van der Waals surface area contributed by atoms with Crippen LogP contribution in [-0.2, 0) is 12.8 Å². The minimum absolute atomic E-state index is 0.149. The summed E-state index contributed by atoms with van der Waals surface area (Å²) in [7, 11) is 0. The third-order valence-corrected chi connectivity index (χ3v) is 4.76. The fourth-order valence-corrected chi connectivity index (χ4v) is 3.68. The second-order valence-electron chi connectivity index (χ2n) is 4.92. The Morgan fingerprint density at radius 1 is 1.38 bits per heavy atom. The number of fused-ring (bicyclic) bond motifs is 1. The third-order valence-electron chi connectivity index (χ3n) is 3.50. The lowest BCUT2D eigenvalue weighted by Crippen LogP contribution is -2.18. The normalized spacial score (nSPS) is 19.2. The molecule has 0 aromatic carbocycles. The molecule has 1 aliphatic rings. The number of thiazole rings is 1. The van der Waals surface area contributed by atoms with Crippen LogP contribution in [0.1, 0.15) is 61.2 Å². The monoisotopic (exact) mass is 238 g/mol. The highest BCUT2D eigenvalue weighted by molar-refractivity contribution is 7.11. The lowest BCUT2D eigenvalue weighted by Gasteiger charge is -2.16. The summed E-state index contributed by atoms with van der Waals surface area (Å²) < 4.78 is 0. The van der Waals surface area contributed by atoms with Gasteiger partial charge in [0, 0.05) is 4.88 Å². The Labute approximate surface area is 102 Å². The molecule has 2 unspecified atom stereocenters. The van der Waals surface area contributed by atoms with Crippen molar-refractivity contribution in [2.45, 2.75) is 58.4 Å². The molecular formula is C13H22N2S. The van der Waals surface area contributed by atoms with E-state index in [0.29, 0.717) is 5.92 Å². The molecule has 3 heteroatoms. The molecule has 0 aliphatic heterocycles. The summed E-state index contributed by atoms with van der Waals surface area (Å²) in [4.78, 5) is 6.25. The van der Waals surface area contributed by atoms with E-state index in [9.17, 15) is 0 Å². The van der Waals surface area contributed by atoms with Gasteiger partial charge in [-0.2, -0.15) is 0 Å². The largest absolute Gasteiger partial charge is 0.322 e. The molecule has 0 saturated heterocycles. The highest BCUT2D eigenvalue weighted by Crippen LogP contribution is 2.32. The van der Waals surface area contributed by atoms with Crippen molar-refractivity contribution in [2.75, 3.05) is 0 Å². The van der Waals surface area contributed by atoms with Gasteiger partial charge in [0.2, 0.25) is 0 Å². The van der Waals surface area contributed by atoms with Crippen molar-refractivity contribution < 1.29 is 0 Å². The fourth-order valence-electron chi connectivity index (χ4n) is 2.39. The average Bonchev–Trinajstić information content (AvgIpc) is 2.71. The average molecular weight is 238 g/mol. The van der Waals surface area contributed by atoms with E-state index < -0.39 is 0 Å². The number of rotatable bonds is 4. The van der Waals surface area contributed by atoms with Crippen LogP contribution in [0.2, 0.25) is 0 Å². The number of aryl methyl sites for hydroxylation is 2. The van der Waals surface area contributed by atoms with Crippen LogP contribution in [0.25, 0.3) is 0 Å². The fraction of sp³-hybridized carbons (Fsp3) is 0.769. The smallest absolute Gasteiger partial charge is 0.110 e. The Balaban J connectivity index is 2.11. The predicted octanol–water partition coefficient (Wildman–Crippen LogP) is 3.46. The Morgan fingerprint density at radius 3 is 2.81 bits per heavy atom. The molecule has 0 spiro atoms. The van der Waals surface area contributed by atoms with Gasteiger partial charge in [0.15, 0.2) is 0 Å². The zero-order valence-corrected chi connectivity index (χ0v) is 11.1. The maximum absolute atomic E-state index is 6.28. The van der Waals surface area contributed by atoms with Crippen molar-refractivity contribution in [2.24, 2.45) is 11.7 Å². The number of hydrogen-bond donors (Lipinski definition) is 1. The minimum atomic E-state index is 0.149. The van der Waals surface area contributed by atoms with Crippen molar-refractivity contribution >= 4 is 11.3 Å². The van der Waals surface area contributed by atoms with Crippen molar-refractivity contribution in [1.29, 1.82) is 0 Å². The Kier molecular flexibility index (Phi) is 3.98. The number of nitrogens with zero attached hydrogens (tertiary/aromatic N) is 1. The number of nitrogens with two attached hydrogens (primary N) is 1. The molecule has 1 aliphatic carbocycles. The zero-order chi connectivity index (χ0) is 11.5. The highest BCUT2D eigenvalue weighted by atomic mass is 32.1. The Morgan fingerprint density at radius 2 is 2.12 bits per heavy atom. The van der Waals surface area contributed by atoms with Gasteiger partial charge in [0.05, 0.1) is 11.7 Å². The third kappa shape index (κ3) is 2.46. The molecule has 0 amide bonds. The van der Waals surface area contributed by atoms with Gasteiger partial charge >= 0.3 is 0 Å². The summed E-state index contributed by atoms with van der Waals surface area (Å²) in [5, 5.41) is 1.17. The molecule has 90 valence electrons. The van der Waals surface area contributed by atoms with E-state index >= 15 is 0 Å². The molecule has 2 rings (SSSR count). The van der Waals surface area contributed by atoms with Gasteiger partial charge in [-0.1, -0.05) is 20.3 Å². The van der Waals surface area contributed by atoms with Crippen molar-refractivity contribution in [3.63, 3.8) is 0 Å². The second kappa shape index (κ2) is 5.28. The maximum Gasteiger partial charge on any atom is 0.110 e. The number of aromatic nitrogens is 1. The van der Waals surface area contributed by atoms with E-state index in [4.69, 9.17) is 10.7 Å². The van der Waals surface area contributed by atoms with Crippen LogP contribution < -0.4 is 5.73 Å². The van der Waals surface area contributed by atoms with Crippen LogP contribution >= 0.6 is 11.3 Å². The summed E-state index contributed by atoms with van der Waals surface area (Å²) in [6, 6.07) is 0.149. The van der Waals surface area contributed by atoms with Crippen LogP contribution in [0.4, 0.5) is 0 Å². The molecular weight excluding hydrogens is 216 g/mol. The quantitative estimate of drug-likeness (QED) is 0.872. The van der Waals surface area contributed by atoms with Gasteiger partial charge in [0.1, 0.15) is 5.01 Å². The van der Waals surface area contributed by atoms with Crippen LogP contribution in [0.5, 0.6) is 0 Å². The Bertz CT molecular complexity index is 322. The van der Waals surface area contributed by atoms with Gasteiger partial charge in [-0.05, 0) is 38.0 Å². The Hall–Kier alpha value is -0.410. The van der Waals surface area contributed by atoms with Gasteiger partial charge < -0.3 is 5.73 Å². The first kappa shape index (κ1) is 12.1. The molecule has 16 heavy (non-hydrogen) atoms. The van der Waals surface area contributed by atoms with E-state index in [-0.39, 0.29) is 6.04 Å². The van der Waals surface area contributed by atoms with E-state index in [1.165, 1.54) is 54.1 Å². The van der Waals surface area contributed by atoms with E-state index in [2.05, 4.69) is 13.8 Å². The highest BCUT2D eigenvalue weighted by Gasteiger charge is 2.21. The van der Waals surface area contributed by atoms with Crippen molar-refractivity contribution in [3.05, 3.63) is 15.6 Å². The number of hydrogen-bond acceptors (Lipinski definition) is 3. The topological polar surface area (TPSA) is 38.9 Å². The standard InChI is InChI=1S/C13H22N2S/c1-3-6-9(2)12(14)13-15-10-7-4-5-8-11(10)16-13/h9,12H,3-8,14H2,1-2H3. The summed E-state index contributed by atoms with van der Waals surface area (Å²) >= 11 is 1.86. The van der Waals surface area contributed by atoms with E-state index in [1.807, 2.05) is 11.3 Å². The van der Waals surface area contributed by atoms with Gasteiger partial charge in [-0.3, -0.25) is 0 Å². The molecule has 1 aromatic rings. The van der Waals surface area contributed by atoms with Crippen molar-refractivity contribution in [3.8, 4) is 0 Å². The molecule has 2 N–H and O–H groups in total. The lowest BCUT2D eigenvalue weighted by molar-refractivity contribution is 0.432. The SMILES string of the molecule is CCCC(C)C(N)c1nc2c(s1)CCCC2. The second-order valence-corrected chi connectivity index (χ2v) is 6.04. The van der Waals surface area contributed by atoms with Crippen LogP contribution in [0.3, 0.4) is 0 Å². The molecule has 2 atom stereocenters. The molecule has 2 nitrogen and oxygen atoms in total. The summed E-state index contributed by atoms with van der Waals surface area (Å²) in [5.41, 5.74) is 7.62. The van der Waals surface area contributed by atoms with Gasteiger partial charge in [-0.15, -0.1) is 11.3 Å². The first-order valence-corrected chi connectivity index (χ1v) is 7.28. The lowest BCUT2D eigenvalue weighted by atomic mass is 9.98. The molecule has 0 radical (unpaired) electrons. The van der Waals surface area contributed by atoms with E-state index in [0.717, 1.165) is 0 Å². The van der Waals surface area contributed by atoms with Gasteiger partial charge in [-0.25, -0.2) is 4.98 Å². The maximum atomic E-state index is 6.28. The van der Waals surface area contributed by atoms with Crippen LogP contribution in [0.15, 0.2) is 0 Å². The molecule has 0 fully saturated rings. The molecule has 0 bridgehead atoms. The molecule has 0 saturated carbocycles. The zero-order valence-electron chi connectivity index (χ0n) is 10.3.